The number of nitrogens with zero attached hydrogens (tertiary/aromatic N) is 1. The molecule has 1 aliphatic carbocycles. The lowest BCUT2D eigenvalue weighted by molar-refractivity contribution is -0.115. The minimum atomic E-state index is -0.0173. The van der Waals surface area contributed by atoms with E-state index in [4.69, 9.17) is 0 Å². The van der Waals surface area contributed by atoms with Crippen molar-refractivity contribution in [1.82, 2.24) is 4.98 Å². The highest BCUT2D eigenvalue weighted by Gasteiger charge is 2.25. The fourth-order valence-corrected chi connectivity index (χ4v) is 4.93. The molecule has 116 valence electrons. The molecule has 0 fully saturated rings. The van der Waals surface area contributed by atoms with Gasteiger partial charge in [-0.15, -0.1) is 11.3 Å². The first-order valence-electron chi connectivity index (χ1n) is 7.65. The average Bonchev–Trinajstić information content (AvgIpc) is 3.28. The Balaban J connectivity index is 1.49. The molecule has 2 heterocycles. The Hall–Kier alpha value is -2.50. The van der Waals surface area contributed by atoms with Gasteiger partial charge in [0.1, 0.15) is 0 Å². The van der Waals surface area contributed by atoms with Crippen LogP contribution in [0.25, 0.3) is 32.5 Å². The Morgan fingerprint density at radius 3 is 2.67 bits per heavy atom. The van der Waals surface area contributed by atoms with E-state index in [0.29, 0.717) is 11.6 Å². The molecule has 0 unspecified atom stereocenters. The predicted octanol–water partition coefficient (Wildman–Crippen LogP) is 5.19. The summed E-state index contributed by atoms with van der Waals surface area (Å²) in [5, 5.41) is 8.11. The van der Waals surface area contributed by atoms with Gasteiger partial charge in [-0.2, -0.15) is 0 Å². The maximum atomic E-state index is 12.2. The Kier molecular flexibility index (Phi) is 3.04. The molecule has 2 aromatic carbocycles. The van der Waals surface area contributed by atoms with Crippen LogP contribution in [0.4, 0.5) is 5.13 Å². The van der Waals surface area contributed by atoms with Gasteiger partial charge in [-0.1, -0.05) is 53.8 Å². The number of aromatic nitrogens is 1. The molecule has 3 nitrogen and oxygen atoms in total. The van der Waals surface area contributed by atoms with Crippen molar-refractivity contribution in [3.8, 4) is 21.7 Å². The van der Waals surface area contributed by atoms with Crippen molar-refractivity contribution in [3.63, 3.8) is 0 Å². The Labute approximate surface area is 146 Å². The van der Waals surface area contributed by atoms with E-state index in [0.717, 1.165) is 21.0 Å². The molecule has 0 radical (unpaired) electrons. The summed E-state index contributed by atoms with van der Waals surface area (Å²) in [5.74, 6) is -0.0173. The number of fused-ring (bicyclic) bond motifs is 3. The Morgan fingerprint density at radius 1 is 1.04 bits per heavy atom. The standard InChI is InChI=1S/C19H12N2OS2/c22-15(10-12-6-3-9-23-12)20-19-21-17-13-7-1-4-11-5-2-8-14(16(11)13)18(17)24-19/h1-9H,10H2,(H,20,21,22). The number of anilines is 1. The second-order valence-corrected chi connectivity index (χ2v) is 7.74. The summed E-state index contributed by atoms with van der Waals surface area (Å²) in [6.07, 6.45) is 0.397. The molecule has 0 atom stereocenters. The number of thiazole rings is 1. The van der Waals surface area contributed by atoms with Gasteiger partial charge in [-0.25, -0.2) is 4.98 Å². The molecular weight excluding hydrogens is 336 g/mol. The van der Waals surface area contributed by atoms with Crippen molar-refractivity contribution in [3.05, 3.63) is 58.8 Å². The van der Waals surface area contributed by atoms with Crippen molar-refractivity contribution in [2.24, 2.45) is 0 Å². The molecule has 0 bridgehead atoms. The van der Waals surface area contributed by atoms with Crippen LogP contribution in [0.2, 0.25) is 0 Å². The maximum absolute atomic E-state index is 12.2. The van der Waals surface area contributed by atoms with Crippen LogP contribution >= 0.6 is 22.7 Å². The molecule has 1 aliphatic rings. The molecular formula is C19H12N2OS2. The minimum Gasteiger partial charge on any atom is -0.302 e. The van der Waals surface area contributed by atoms with Gasteiger partial charge >= 0.3 is 0 Å². The Bertz CT molecular complexity index is 1020. The van der Waals surface area contributed by atoms with Gasteiger partial charge in [0.05, 0.1) is 17.0 Å². The predicted molar refractivity (Wildman–Crippen MR) is 101 cm³/mol. The van der Waals surface area contributed by atoms with Crippen LogP contribution in [-0.4, -0.2) is 10.9 Å². The largest absolute Gasteiger partial charge is 0.302 e. The normalized spacial score (nSPS) is 11.7. The van der Waals surface area contributed by atoms with E-state index in [1.54, 1.807) is 22.7 Å². The highest BCUT2D eigenvalue weighted by molar-refractivity contribution is 7.20. The van der Waals surface area contributed by atoms with E-state index in [1.165, 1.54) is 16.3 Å². The Morgan fingerprint density at radius 2 is 1.88 bits per heavy atom. The highest BCUT2D eigenvalue weighted by atomic mass is 32.1. The summed E-state index contributed by atoms with van der Waals surface area (Å²) in [4.78, 5) is 19.1. The first-order valence-corrected chi connectivity index (χ1v) is 9.35. The lowest BCUT2D eigenvalue weighted by atomic mass is 10.0. The van der Waals surface area contributed by atoms with Gasteiger partial charge in [-0.05, 0) is 22.2 Å². The first kappa shape index (κ1) is 13.9. The van der Waals surface area contributed by atoms with Crippen LogP contribution in [0.5, 0.6) is 0 Å². The van der Waals surface area contributed by atoms with Crippen molar-refractivity contribution in [1.29, 1.82) is 0 Å². The minimum absolute atomic E-state index is 0.0173. The SMILES string of the molecule is O=C(Cc1cccs1)Nc1nc2c(s1)-c1cccc3cccc-2c13. The zero-order valence-corrected chi connectivity index (χ0v) is 14.2. The number of rotatable bonds is 3. The highest BCUT2D eigenvalue weighted by Crippen LogP contribution is 2.50. The molecule has 2 aromatic heterocycles. The summed E-state index contributed by atoms with van der Waals surface area (Å²) in [7, 11) is 0. The zero-order valence-electron chi connectivity index (χ0n) is 12.6. The van der Waals surface area contributed by atoms with E-state index < -0.39 is 0 Å². The van der Waals surface area contributed by atoms with Gasteiger partial charge in [0.2, 0.25) is 5.91 Å². The number of carbonyl (C=O) groups is 1. The molecule has 0 spiro atoms. The van der Waals surface area contributed by atoms with E-state index in [2.05, 4.69) is 46.7 Å². The van der Waals surface area contributed by atoms with E-state index in [1.807, 2.05) is 17.5 Å². The van der Waals surface area contributed by atoms with Gasteiger partial charge in [0.15, 0.2) is 5.13 Å². The van der Waals surface area contributed by atoms with Crippen LogP contribution in [0, 0.1) is 0 Å². The number of benzene rings is 2. The molecule has 0 aliphatic heterocycles. The van der Waals surface area contributed by atoms with Crippen LogP contribution in [0.15, 0.2) is 53.9 Å². The molecule has 0 saturated heterocycles. The summed E-state index contributed by atoms with van der Waals surface area (Å²) >= 11 is 3.15. The van der Waals surface area contributed by atoms with Crippen molar-refractivity contribution in [2.75, 3.05) is 5.32 Å². The summed E-state index contributed by atoms with van der Waals surface area (Å²) in [6.45, 7) is 0. The van der Waals surface area contributed by atoms with Crippen molar-refractivity contribution < 1.29 is 4.79 Å². The summed E-state index contributed by atoms with van der Waals surface area (Å²) in [5.41, 5.74) is 3.36. The van der Waals surface area contributed by atoms with Crippen LogP contribution in [0.1, 0.15) is 4.88 Å². The van der Waals surface area contributed by atoms with Crippen molar-refractivity contribution >= 4 is 44.5 Å². The lowest BCUT2D eigenvalue weighted by Gasteiger charge is -2.03. The van der Waals surface area contributed by atoms with Crippen LogP contribution < -0.4 is 5.32 Å². The van der Waals surface area contributed by atoms with Gasteiger partial charge in [-0.3, -0.25) is 4.79 Å². The zero-order chi connectivity index (χ0) is 16.1. The van der Waals surface area contributed by atoms with Gasteiger partial charge in [0.25, 0.3) is 0 Å². The third kappa shape index (κ3) is 2.09. The monoisotopic (exact) mass is 348 g/mol. The number of carbonyl (C=O) groups excluding carboxylic acids is 1. The van der Waals surface area contributed by atoms with E-state index >= 15 is 0 Å². The van der Waals surface area contributed by atoms with Gasteiger partial charge in [0, 0.05) is 16.0 Å². The number of hydrogen-bond acceptors (Lipinski definition) is 4. The third-order valence-corrected chi connectivity index (χ3v) is 6.07. The second-order valence-electron chi connectivity index (χ2n) is 5.71. The van der Waals surface area contributed by atoms with E-state index in [9.17, 15) is 4.79 Å². The molecule has 5 rings (SSSR count). The number of thiophene rings is 1. The summed E-state index contributed by atoms with van der Waals surface area (Å²) < 4.78 is 0. The smallest absolute Gasteiger partial charge is 0.231 e. The fourth-order valence-electron chi connectivity index (χ4n) is 3.20. The molecule has 5 heteroatoms. The maximum Gasteiger partial charge on any atom is 0.231 e. The first-order chi connectivity index (χ1) is 11.8. The molecule has 24 heavy (non-hydrogen) atoms. The summed E-state index contributed by atoms with van der Waals surface area (Å²) in [6, 6.07) is 16.6. The number of amides is 1. The average molecular weight is 348 g/mol. The van der Waals surface area contributed by atoms with Crippen LogP contribution in [-0.2, 0) is 11.2 Å². The van der Waals surface area contributed by atoms with Gasteiger partial charge < -0.3 is 5.32 Å². The third-order valence-electron chi connectivity index (χ3n) is 4.19. The second kappa shape index (κ2) is 5.26. The molecule has 1 amide bonds. The number of hydrogen-bond donors (Lipinski definition) is 1. The molecule has 1 N–H and O–H groups in total. The lowest BCUT2D eigenvalue weighted by Crippen LogP contribution is -2.13. The van der Waals surface area contributed by atoms with Crippen molar-refractivity contribution in [2.45, 2.75) is 6.42 Å². The number of nitrogens with one attached hydrogen (secondary N) is 1. The molecule has 0 saturated carbocycles. The van der Waals surface area contributed by atoms with E-state index in [-0.39, 0.29) is 5.91 Å². The fraction of sp³-hybridized carbons (Fsp3) is 0.0526. The van der Waals surface area contributed by atoms with Crippen LogP contribution in [0.3, 0.4) is 0 Å². The topological polar surface area (TPSA) is 42.0 Å². The quantitative estimate of drug-likeness (QED) is 0.488. The molecule has 4 aromatic rings.